The zero-order chi connectivity index (χ0) is 26.0. The molecule has 3 unspecified atom stereocenters. The number of allylic oxidation sites excluding steroid dienone is 2. The van der Waals surface area contributed by atoms with Crippen LogP contribution in [-0.4, -0.2) is 58.8 Å². The molecule has 0 spiro atoms. The topological polar surface area (TPSA) is 115 Å². The summed E-state index contributed by atoms with van der Waals surface area (Å²) in [5.74, 6) is -5.26. The lowest BCUT2D eigenvalue weighted by Gasteiger charge is -2.43. The number of nitrogens with zero attached hydrogens (tertiary/aromatic N) is 1. The maximum absolute atomic E-state index is 11.5. The fraction of sp³-hybridized carbons (Fsp3) is 0.815. The third-order valence-corrected chi connectivity index (χ3v) is 6.62. The van der Waals surface area contributed by atoms with Crippen LogP contribution in [0.15, 0.2) is 12.2 Å². The number of hydrogen-bond acceptors (Lipinski definition) is 4. The van der Waals surface area contributed by atoms with Crippen LogP contribution in [0.3, 0.4) is 0 Å². The Labute approximate surface area is 206 Å². The van der Waals surface area contributed by atoms with E-state index in [4.69, 9.17) is 0 Å². The minimum absolute atomic E-state index is 0.177. The van der Waals surface area contributed by atoms with E-state index in [-0.39, 0.29) is 24.1 Å². The van der Waals surface area contributed by atoms with Crippen LogP contribution in [0, 0.1) is 17.8 Å². The van der Waals surface area contributed by atoms with Gasteiger partial charge in [0.25, 0.3) is 0 Å². The Hall–Kier alpha value is -1.89. The molecule has 0 aliphatic carbocycles. The van der Waals surface area contributed by atoms with Crippen LogP contribution < -0.4 is 5.11 Å². The molecular weight excluding hydrogens is 434 g/mol. The van der Waals surface area contributed by atoms with E-state index in [2.05, 4.69) is 19.1 Å². The van der Waals surface area contributed by atoms with Gasteiger partial charge in [0, 0.05) is 11.9 Å². The lowest BCUT2D eigenvalue weighted by atomic mass is 10.0. The summed E-state index contributed by atoms with van der Waals surface area (Å²) in [6, 6.07) is 0. The first-order valence-corrected chi connectivity index (χ1v) is 13.2. The first-order valence-electron chi connectivity index (χ1n) is 13.2. The van der Waals surface area contributed by atoms with Crippen molar-refractivity contribution in [1.29, 1.82) is 0 Å². The van der Waals surface area contributed by atoms with Gasteiger partial charge in [-0.05, 0) is 52.4 Å². The van der Waals surface area contributed by atoms with E-state index in [0.29, 0.717) is 6.54 Å². The van der Waals surface area contributed by atoms with E-state index in [1.165, 1.54) is 25.7 Å². The second kappa shape index (κ2) is 18.4. The van der Waals surface area contributed by atoms with Crippen LogP contribution in [-0.2, 0) is 14.4 Å². The molecule has 0 aromatic rings. The lowest BCUT2D eigenvalue weighted by molar-refractivity contribution is -0.934. The average molecular weight is 484 g/mol. The van der Waals surface area contributed by atoms with E-state index in [1.807, 2.05) is 0 Å². The highest BCUT2D eigenvalue weighted by Crippen LogP contribution is 2.22. The van der Waals surface area contributed by atoms with Crippen molar-refractivity contribution in [3.05, 3.63) is 12.2 Å². The number of carbonyl (C=O) groups is 3. The molecule has 7 nitrogen and oxygen atoms in total. The molecule has 0 amide bonds. The summed E-state index contributed by atoms with van der Waals surface area (Å²) in [4.78, 5) is 34.5. The molecule has 2 N–H and O–H groups in total. The Morgan fingerprint density at radius 2 is 1.12 bits per heavy atom. The zero-order valence-electron chi connectivity index (χ0n) is 22.0. The van der Waals surface area contributed by atoms with E-state index in [1.54, 1.807) is 20.8 Å². The highest BCUT2D eigenvalue weighted by atomic mass is 16.4. The van der Waals surface area contributed by atoms with Crippen LogP contribution in [0.4, 0.5) is 0 Å². The molecule has 0 aromatic heterocycles. The predicted molar refractivity (Wildman–Crippen MR) is 133 cm³/mol. The third kappa shape index (κ3) is 15.1. The Balaban J connectivity index is 4.78. The summed E-state index contributed by atoms with van der Waals surface area (Å²) >= 11 is 0. The summed E-state index contributed by atoms with van der Waals surface area (Å²) in [5.41, 5.74) is 0. The van der Waals surface area contributed by atoms with Gasteiger partial charge in [0.1, 0.15) is 11.8 Å². The monoisotopic (exact) mass is 483 g/mol. The lowest BCUT2D eigenvalue weighted by Crippen LogP contribution is -2.58. The molecule has 0 heterocycles. The molecule has 0 aliphatic heterocycles. The fourth-order valence-corrected chi connectivity index (χ4v) is 4.64. The first kappa shape index (κ1) is 32.1. The number of carboxylic acids is 3. The maximum atomic E-state index is 11.5. The van der Waals surface area contributed by atoms with Gasteiger partial charge in [-0.2, -0.15) is 0 Å². The fourth-order valence-electron chi connectivity index (χ4n) is 4.64. The first-order chi connectivity index (χ1) is 16.0. The minimum atomic E-state index is -1.19. The molecule has 3 atom stereocenters. The van der Waals surface area contributed by atoms with Crippen LogP contribution in [0.1, 0.15) is 98.3 Å². The number of rotatable bonds is 22. The van der Waals surface area contributed by atoms with E-state index < -0.39 is 35.7 Å². The van der Waals surface area contributed by atoms with Crippen molar-refractivity contribution in [3.63, 3.8) is 0 Å². The van der Waals surface area contributed by atoms with Crippen molar-refractivity contribution >= 4 is 17.9 Å². The second-order valence-electron chi connectivity index (χ2n) is 10.2. The molecule has 0 saturated carbocycles. The molecule has 0 bridgehead atoms. The van der Waals surface area contributed by atoms with Crippen molar-refractivity contribution in [2.24, 2.45) is 17.8 Å². The molecule has 34 heavy (non-hydrogen) atoms. The maximum Gasteiger partial charge on any atom is 0.311 e. The SMILES string of the molecule is CCCCCC/C=C/CCCCCCC[N+](CC(C)C(=O)[O-])(CC(C)C(=O)O)CC(C)C(=O)O. The highest BCUT2D eigenvalue weighted by molar-refractivity contribution is 5.70. The van der Waals surface area contributed by atoms with Crippen molar-refractivity contribution < 1.29 is 34.2 Å². The van der Waals surface area contributed by atoms with Crippen molar-refractivity contribution in [2.75, 3.05) is 26.2 Å². The predicted octanol–water partition coefficient (Wildman–Crippen LogP) is 4.50. The number of quaternary nitrogens is 1. The molecular formula is C27H49NO6. The minimum Gasteiger partial charge on any atom is -0.550 e. The van der Waals surface area contributed by atoms with E-state index >= 15 is 0 Å². The number of aliphatic carboxylic acids is 3. The summed E-state index contributed by atoms with van der Waals surface area (Å²) in [6.45, 7) is 8.16. The number of hydrogen-bond donors (Lipinski definition) is 2. The van der Waals surface area contributed by atoms with Gasteiger partial charge in [0.15, 0.2) is 0 Å². The summed E-state index contributed by atoms with van der Waals surface area (Å²) in [5, 5.41) is 30.4. The van der Waals surface area contributed by atoms with Gasteiger partial charge < -0.3 is 24.6 Å². The quantitative estimate of drug-likeness (QED) is 0.133. The van der Waals surface area contributed by atoms with Crippen molar-refractivity contribution in [2.45, 2.75) is 98.3 Å². The molecule has 0 fully saturated rings. The van der Waals surface area contributed by atoms with Gasteiger partial charge in [0.2, 0.25) is 0 Å². The van der Waals surface area contributed by atoms with Crippen LogP contribution >= 0.6 is 0 Å². The van der Waals surface area contributed by atoms with Gasteiger partial charge in [-0.15, -0.1) is 0 Å². The Morgan fingerprint density at radius 1 is 0.706 bits per heavy atom. The largest absolute Gasteiger partial charge is 0.550 e. The molecule has 0 aromatic carbocycles. The van der Waals surface area contributed by atoms with Gasteiger partial charge in [-0.25, -0.2) is 0 Å². The molecule has 0 radical (unpaired) electrons. The van der Waals surface area contributed by atoms with Gasteiger partial charge in [-0.3, -0.25) is 9.59 Å². The molecule has 198 valence electrons. The zero-order valence-corrected chi connectivity index (χ0v) is 22.0. The van der Waals surface area contributed by atoms with Gasteiger partial charge in [0.05, 0.1) is 26.2 Å². The number of carbonyl (C=O) groups excluding carboxylic acids is 1. The molecule has 0 aliphatic rings. The van der Waals surface area contributed by atoms with Crippen molar-refractivity contribution in [1.82, 2.24) is 0 Å². The summed E-state index contributed by atoms with van der Waals surface area (Å²) < 4.78 is 0.177. The Kier molecular flexibility index (Phi) is 17.4. The highest BCUT2D eigenvalue weighted by Gasteiger charge is 2.36. The molecule has 0 saturated heterocycles. The summed E-state index contributed by atoms with van der Waals surface area (Å²) in [7, 11) is 0. The van der Waals surface area contributed by atoms with Crippen LogP contribution in [0.5, 0.6) is 0 Å². The van der Waals surface area contributed by atoms with Crippen LogP contribution in [0.2, 0.25) is 0 Å². The Morgan fingerprint density at radius 3 is 1.56 bits per heavy atom. The van der Waals surface area contributed by atoms with Crippen LogP contribution in [0.25, 0.3) is 0 Å². The second-order valence-corrected chi connectivity index (χ2v) is 10.2. The van der Waals surface area contributed by atoms with Crippen molar-refractivity contribution in [3.8, 4) is 0 Å². The summed E-state index contributed by atoms with van der Waals surface area (Å²) in [6.07, 6.45) is 17.0. The molecule has 0 rings (SSSR count). The van der Waals surface area contributed by atoms with E-state index in [0.717, 1.165) is 44.9 Å². The third-order valence-electron chi connectivity index (χ3n) is 6.62. The molecule has 7 heteroatoms. The number of unbranched alkanes of at least 4 members (excludes halogenated alkanes) is 9. The normalized spacial score (nSPS) is 16.1. The smallest absolute Gasteiger partial charge is 0.311 e. The van der Waals surface area contributed by atoms with Gasteiger partial charge >= 0.3 is 11.9 Å². The van der Waals surface area contributed by atoms with E-state index in [9.17, 15) is 29.7 Å². The average Bonchev–Trinajstić information content (AvgIpc) is 2.76. The van der Waals surface area contributed by atoms with Gasteiger partial charge in [-0.1, -0.05) is 58.1 Å². The Bertz CT molecular complexity index is 563. The standard InChI is InChI=1S/C27H49NO6/c1-5-6-7-8-9-10-11-12-13-14-15-16-17-18-28(19-22(2)25(29)30,20-23(3)26(31)32)21-24(4)27(33)34/h10-11,22-24H,5-9,12-21H2,1-4H3,(H2-,29,30,31,32,33,34)/b11-10+. The number of carboxylic acid groups (broad SMARTS) is 3.